The highest BCUT2D eigenvalue weighted by Gasteiger charge is 2.51. The molecule has 0 bridgehead atoms. The van der Waals surface area contributed by atoms with Crippen LogP contribution in [0, 0.1) is 5.92 Å². The minimum atomic E-state index is -3.78. The van der Waals surface area contributed by atoms with Gasteiger partial charge in [0.1, 0.15) is 5.82 Å². The molecule has 2 aromatic carbocycles. The molecule has 10 heteroatoms. The van der Waals surface area contributed by atoms with Gasteiger partial charge in [0, 0.05) is 14.5 Å². The lowest BCUT2D eigenvalue weighted by molar-refractivity contribution is -0.118. The van der Waals surface area contributed by atoms with E-state index < -0.39 is 21.5 Å². The Hall–Kier alpha value is -3.47. The van der Waals surface area contributed by atoms with Crippen molar-refractivity contribution in [1.82, 2.24) is 9.71 Å². The van der Waals surface area contributed by atoms with Crippen LogP contribution in [0.15, 0.2) is 65.6 Å². The Morgan fingerprint density at radius 3 is 2.49 bits per heavy atom. The molecule has 2 heterocycles. The Labute approximate surface area is 218 Å². The molecule has 1 amide bonds. The zero-order chi connectivity index (χ0) is 26.2. The van der Waals surface area contributed by atoms with Gasteiger partial charge in [0.05, 0.1) is 22.6 Å². The molecule has 1 atom stereocenters. The number of nitrogens with one attached hydrogen (secondary N) is 2. The van der Waals surface area contributed by atoms with Gasteiger partial charge in [0.2, 0.25) is 22.7 Å². The first-order chi connectivity index (χ1) is 17.7. The largest absolute Gasteiger partial charge is 0.454 e. The van der Waals surface area contributed by atoms with E-state index in [1.807, 2.05) is 32.0 Å². The van der Waals surface area contributed by atoms with E-state index in [0.717, 1.165) is 18.4 Å². The SMILES string of the molecule is CC(C)[C@H](CO)NS(=O)(=O)c1ccc(-c2cccc(NC(=O)C3(c4ccc5c(c4)OCO5)CC3)n2)cc1.[HH].[HH]. The molecule has 1 saturated carbocycles. The van der Waals surface area contributed by atoms with Gasteiger partial charge in [-0.1, -0.05) is 38.1 Å². The third kappa shape index (κ3) is 5.04. The number of hydrogen-bond acceptors (Lipinski definition) is 7. The van der Waals surface area contributed by atoms with Gasteiger partial charge < -0.3 is 19.9 Å². The minimum absolute atomic E-state index is 0. The second-order valence-electron chi connectivity index (χ2n) is 9.69. The molecule has 2 aliphatic rings. The normalized spacial score (nSPS) is 16.4. The fourth-order valence-electron chi connectivity index (χ4n) is 4.32. The van der Waals surface area contributed by atoms with Crippen molar-refractivity contribution in [2.45, 2.75) is 43.0 Å². The molecule has 0 spiro atoms. The number of ether oxygens (including phenoxy) is 2. The molecule has 9 nitrogen and oxygen atoms in total. The lowest BCUT2D eigenvalue weighted by Crippen LogP contribution is -2.41. The monoisotopic (exact) mass is 527 g/mol. The van der Waals surface area contributed by atoms with Crippen molar-refractivity contribution in [2.75, 3.05) is 18.7 Å². The van der Waals surface area contributed by atoms with Crippen LogP contribution < -0.4 is 19.5 Å². The summed E-state index contributed by atoms with van der Waals surface area (Å²) in [5.41, 5.74) is 1.56. The van der Waals surface area contributed by atoms with Crippen molar-refractivity contribution in [3.05, 3.63) is 66.2 Å². The molecule has 0 unspecified atom stereocenters. The first-order valence-corrected chi connectivity index (χ1v) is 13.6. The number of aromatic nitrogens is 1. The number of aliphatic hydroxyl groups excluding tert-OH is 1. The Kier molecular flexibility index (Phi) is 6.65. The standard InChI is InChI=1S/C27H29N3O6S.2H2/c1-17(2)22(15-31)30-37(33,34)20-9-6-18(7-10-20)21-4-3-5-25(28-21)29-26(32)27(12-13-27)19-8-11-23-24(14-19)36-16-35-23;;/h3-11,14,17,22,30-31H,12-13,15-16H2,1-2H3,(H,28,29,32);2*1H/t22-;;/m0../s1. The zero-order valence-electron chi connectivity index (χ0n) is 20.6. The average Bonchev–Trinajstić information content (AvgIpc) is 3.58. The van der Waals surface area contributed by atoms with E-state index in [9.17, 15) is 18.3 Å². The van der Waals surface area contributed by atoms with E-state index in [2.05, 4.69) is 15.0 Å². The number of rotatable bonds is 9. The fourth-order valence-corrected chi connectivity index (χ4v) is 5.70. The molecule has 3 N–H and O–H groups in total. The number of carbonyl (C=O) groups is 1. The van der Waals surface area contributed by atoms with E-state index >= 15 is 0 Å². The Bertz CT molecular complexity index is 1430. The van der Waals surface area contributed by atoms with Crippen molar-refractivity contribution < 1.29 is 30.6 Å². The summed E-state index contributed by atoms with van der Waals surface area (Å²) in [5, 5.41) is 12.4. The smallest absolute Gasteiger partial charge is 0.240 e. The third-order valence-electron chi connectivity index (χ3n) is 6.87. The van der Waals surface area contributed by atoms with Crippen LogP contribution in [-0.2, 0) is 20.2 Å². The van der Waals surface area contributed by atoms with Crippen molar-refractivity contribution >= 4 is 21.7 Å². The predicted octanol–water partition coefficient (Wildman–Crippen LogP) is 3.93. The number of fused-ring (bicyclic) bond motifs is 1. The summed E-state index contributed by atoms with van der Waals surface area (Å²) in [7, 11) is -3.78. The van der Waals surface area contributed by atoms with Crippen molar-refractivity contribution in [1.29, 1.82) is 0 Å². The van der Waals surface area contributed by atoms with Crippen molar-refractivity contribution in [3.8, 4) is 22.8 Å². The van der Waals surface area contributed by atoms with Crippen LogP contribution in [0.4, 0.5) is 5.82 Å². The second-order valence-corrected chi connectivity index (χ2v) is 11.4. The number of carbonyl (C=O) groups excluding carboxylic acids is 1. The number of pyridine rings is 1. The van der Waals surface area contributed by atoms with Gasteiger partial charge in [-0.2, -0.15) is 0 Å². The third-order valence-corrected chi connectivity index (χ3v) is 8.37. The van der Waals surface area contributed by atoms with Crippen LogP contribution in [-0.4, -0.2) is 43.9 Å². The molecule has 5 rings (SSSR count). The van der Waals surface area contributed by atoms with E-state index in [1.165, 1.54) is 12.1 Å². The maximum absolute atomic E-state index is 13.2. The summed E-state index contributed by atoms with van der Waals surface area (Å²) in [6.07, 6.45) is 1.46. The Morgan fingerprint density at radius 2 is 1.81 bits per heavy atom. The summed E-state index contributed by atoms with van der Waals surface area (Å²) < 4.78 is 38.8. The minimum Gasteiger partial charge on any atom is -0.454 e. The van der Waals surface area contributed by atoms with Gasteiger partial charge in [-0.15, -0.1) is 0 Å². The molecule has 0 radical (unpaired) electrons. The van der Waals surface area contributed by atoms with Gasteiger partial charge in [-0.25, -0.2) is 18.1 Å². The van der Waals surface area contributed by atoms with E-state index in [1.54, 1.807) is 30.3 Å². The predicted molar refractivity (Wildman–Crippen MR) is 142 cm³/mol. The van der Waals surface area contributed by atoms with E-state index in [0.29, 0.717) is 28.6 Å². The summed E-state index contributed by atoms with van der Waals surface area (Å²) in [6.45, 7) is 3.57. The first kappa shape index (κ1) is 25.2. The first-order valence-electron chi connectivity index (χ1n) is 12.1. The quantitative estimate of drug-likeness (QED) is 0.385. The molecular weight excluding hydrogens is 494 g/mol. The van der Waals surface area contributed by atoms with E-state index in [-0.39, 0.29) is 33.0 Å². The highest BCUT2D eigenvalue weighted by Crippen LogP contribution is 2.51. The van der Waals surface area contributed by atoms with Crippen molar-refractivity contribution in [3.63, 3.8) is 0 Å². The summed E-state index contributed by atoms with van der Waals surface area (Å²) in [5.74, 6) is 1.55. The average molecular weight is 528 g/mol. The maximum atomic E-state index is 13.2. The summed E-state index contributed by atoms with van der Waals surface area (Å²) >= 11 is 0. The highest BCUT2D eigenvalue weighted by atomic mass is 32.2. The summed E-state index contributed by atoms with van der Waals surface area (Å²) in [4.78, 5) is 17.9. The number of benzene rings is 2. The Morgan fingerprint density at radius 1 is 1.08 bits per heavy atom. The number of aliphatic hydroxyl groups is 1. The maximum Gasteiger partial charge on any atom is 0.240 e. The van der Waals surface area contributed by atoms with Gasteiger partial charge in [0.15, 0.2) is 11.5 Å². The molecule has 0 saturated heterocycles. The molecule has 1 fully saturated rings. The molecule has 1 aliphatic carbocycles. The lowest BCUT2D eigenvalue weighted by Gasteiger charge is -2.20. The molecule has 198 valence electrons. The number of nitrogens with zero attached hydrogens (tertiary/aromatic N) is 1. The van der Waals surface area contributed by atoms with Gasteiger partial charge in [0.25, 0.3) is 0 Å². The van der Waals surface area contributed by atoms with Crippen LogP contribution in [0.2, 0.25) is 0 Å². The topological polar surface area (TPSA) is 127 Å². The van der Waals surface area contributed by atoms with Crippen LogP contribution >= 0.6 is 0 Å². The molecular formula is C27H33N3O6S. The van der Waals surface area contributed by atoms with Gasteiger partial charge in [-0.3, -0.25) is 4.79 Å². The fraction of sp³-hybridized carbons (Fsp3) is 0.333. The van der Waals surface area contributed by atoms with Gasteiger partial charge >= 0.3 is 0 Å². The van der Waals surface area contributed by atoms with Crippen molar-refractivity contribution in [2.24, 2.45) is 5.92 Å². The lowest BCUT2D eigenvalue weighted by atomic mass is 9.94. The second kappa shape index (κ2) is 9.77. The molecule has 37 heavy (non-hydrogen) atoms. The van der Waals surface area contributed by atoms with Gasteiger partial charge in [-0.05, 0) is 60.7 Å². The summed E-state index contributed by atoms with van der Waals surface area (Å²) in [6, 6.07) is 16.7. The zero-order valence-corrected chi connectivity index (χ0v) is 21.4. The highest BCUT2D eigenvalue weighted by molar-refractivity contribution is 7.89. The number of anilines is 1. The van der Waals surface area contributed by atoms with Crippen LogP contribution in [0.1, 0.15) is 35.1 Å². The molecule has 3 aromatic rings. The van der Waals surface area contributed by atoms with E-state index in [4.69, 9.17) is 9.47 Å². The molecule has 1 aromatic heterocycles. The number of hydrogen-bond donors (Lipinski definition) is 3. The molecule has 1 aliphatic heterocycles. The number of sulfonamides is 1. The van der Waals surface area contributed by atoms with Crippen LogP contribution in [0.25, 0.3) is 11.3 Å². The number of amides is 1. The van der Waals surface area contributed by atoms with Crippen LogP contribution in [0.3, 0.4) is 0 Å². The Balaban J connectivity index is 0.00000210. The van der Waals surface area contributed by atoms with Crippen LogP contribution in [0.5, 0.6) is 11.5 Å².